The van der Waals surface area contributed by atoms with Crippen LogP contribution in [-0.4, -0.2) is 26.4 Å². The average molecular weight is 419 g/mol. The maximum Gasteiger partial charge on any atom is 0.234 e. The number of ether oxygens (including phenoxy) is 1. The molecular formula is C23H22N4O2S. The van der Waals surface area contributed by atoms with Crippen LogP contribution in [0.2, 0.25) is 0 Å². The van der Waals surface area contributed by atoms with E-state index in [9.17, 15) is 4.79 Å². The van der Waals surface area contributed by atoms with Gasteiger partial charge < -0.3 is 14.6 Å². The molecule has 0 saturated carbocycles. The zero-order valence-corrected chi connectivity index (χ0v) is 17.4. The van der Waals surface area contributed by atoms with E-state index >= 15 is 0 Å². The van der Waals surface area contributed by atoms with Crippen LogP contribution in [0.1, 0.15) is 12.7 Å². The molecule has 0 fully saturated rings. The second-order valence-corrected chi connectivity index (χ2v) is 7.59. The molecule has 4 rings (SSSR count). The Morgan fingerprint density at radius 3 is 2.57 bits per heavy atom. The standard InChI is InChI=1S/C23H22N4O2S/c1-2-27-21(15-29-20-10-4-3-5-11-20)25-26-23(27)30-16-22(28)24-19-13-12-17-8-6-7-9-18(17)14-19/h3-14H,2,15-16H2,1H3,(H,24,28). The number of amides is 1. The van der Waals surface area contributed by atoms with Crippen LogP contribution in [0.3, 0.4) is 0 Å². The van der Waals surface area contributed by atoms with Crippen LogP contribution < -0.4 is 10.1 Å². The van der Waals surface area contributed by atoms with E-state index in [1.165, 1.54) is 11.8 Å². The van der Waals surface area contributed by atoms with Crippen LogP contribution in [0, 0.1) is 0 Å². The van der Waals surface area contributed by atoms with Gasteiger partial charge in [-0.3, -0.25) is 4.79 Å². The van der Waals surface area contributed by atoms with Crippen LogP contribution in [0.25, 0.3) is 10.8 Å². The van der Waals surface area contributed by atoms with Crippen LogP contribution in [0.4, 0.5) is 5.69 Å². The molecule has 0 unspecified atom stereocenters. The smallest absolute Gasteiger partial charge is 0.234 e. The number of rotatable bonds is 8. The molecule has 0 aliphatic rings. The van der Waals surface area contributed by atoms with E-state index < -0.39 is 0 Å². The van der Waals surface area contributed by atoms with Crippen molar-refractivity contribution in [3.05, 3.63) is 78.6 Å². The molecule has 6 nitrogen and oxygen atoms in total. The summed E-state index contributed by atoms with van der Waals surface area (Å²) in [4.78, 5) is 12.4. The highest BCUT2D eigenvalue weighted by atomic mass is 32.2. The molecule has 0 radical (unpaired) electrons. The molecule has 30 heavy (non-hydrogen) atoms. The van der Waals surface area contributed by atoms with Crippen LogP contribution >= 0.6 is 11.8 Å². The predicted octanol–water partition coefficient (Wildman–Crippen LogP) is 4.76. The maximum absolute atomic E-state index is 12.4. The first-order chi connectivity index (χ1) is 14.7. The van der Waals surface area contributed by atoms with Gasteiger partial charge in [0.15, 0.2) is 11.0 Å². The Balaban J connectivity index is 1.35. The molecule has 0 saturated heterocycles. The summed E-state index contributed by atoms with van der Waals surface area (Å²) in [6.07, 6.45) is 0. The Bertz CT molecular complexity index is 1140. The molecule has 0 bridgehead atoms. The number of para-hydroxylation sites is 1. The SMILES string of the molecule is CCn1c(COc2ccccc2)nnc1SCC(=O)Nc1ccc2ccccc2c1. The van der Waals surface area contributed by atoms with Gasteiger partial charge in [0.2, 0.25) is 5.91 Å². The number of anilines is 1. The number of nitrogens with one attached hydrogen (secondary N) is 1. The van der Waals surface area contributed by atoms with Crippen molar-refractivity contribution < 1.29 is 9.53 Å². The Morgan fingerprint density at radius 1 is 1.00 bits per heavy atom. The lowest BCUT2D eigenvalue weighted by Crippen LogP contribution is -2.15. The van der Waals surface area contributed by atoms with Crippen molar-refractivity contribution in [2.24, 2.45) is 0 Å². The van der Waals surface area contributed by atoms with Gasteiger partial charge >= 0.3 is 0 Å². The maximum atomic E-state index is 12.4. The molecule has 1 N–H and O–H groups in total. The number of nitrogens with zero attached hydrogens (tertiary/aromatic N) is 3. The lowest BCUT2D eigenvalue weighted by Gasteiger charge is -2.09. The third kappa shape index (κ3) is 4.80. The molecule has 7 heteroatoms. The topological polar surface area (TPSA) is 69.0 Å². The number of hydrogen-bond acceptors (Lipinski definition) is 5. The van der Waals surface area contributed by atoms with E-state index in [-0.39, 0.29) is 11.7 Å². The van der Waals surface area contributed by atoms with Crippen molar-refractivity contribution in [1.82, 2.24) is 14.8 Å². The van der Waals surface area contributed by atoms with Gasteiger partial charge in [0.1, 0.15) is 12.4 Å². The van der Waals surface area contributed by atoms with Crippen LogP contribution in [0.5, 0.6) is 5.75 Å². The van der Waals surface area contributed by atoms with Gasteiger partial charge in [-0.05, 0) is 42.0 Å². The highest BCUT2D eigenvalue weighted by Gasteiger charge is 2.14. The minimum atomic E-state index is -0.0805. The summed E-state index contributed by atoms with van der Waals surface area (Å²) in [5.41, 5.74) is 0.785. The van der Waals surface area contributed by atoms with Gasteiger partial charge in [0.25, 0.3) is 0 Å². The Hall–Kier alpha value is -3.32. The number of carbonyl (C=O) groups is 1. The van der Waals surface area contributed by atoms with Crippen molar-refractivity contribution in [2.45, 2.75) is 25.2 Å². The second-order valence-electron chi connectivity index (χ2n) is 6.64. The summed E-state index contributed by atoms with van der Waals surface area (Å²) < 4.78 is 7.74. The summed E-state index contributed by atoms with van der Waals surface area (Å²) in [6.45, 7) is 3.05. The van der Waals surface area contributed by atoms with Gasteiger partial charge in [-0.25, -0.2) is 0 Å². The molecule has 1 heterocycles. The lowest BCUT2D eigenvalue weighted by atomic mass is 10.1. The average Bonchev–Trinajstić information content (AvgIpc) is 3.18. The summed E-state index contributed by atoms with van der Waals surface area (Å²) in [7, 11) is 0. The Kier molecular flexibility index (Phi) is 6.29. The molecule has 0 aliphatic heterocycles. The molecule has 152 valence electrons. The number of aromatic nitrogens is 3. The van der Waals surface area contributed by atoms with E-state index in [1.807, 2.05) is 84.3 Å². The minimum absolute atomic E-state index is 0.0805. The molecule has 1 aromatic heterocycles. The zero-order chi connectivity index (χ0) is 20.8. The van der Waals surface area contributed by atoms with E-state index in [2.05, 4.69) is 15.5 Å². The highest BCUT2D eigenvalue weighted by Crippen LogP contribution is 2.21. The first-order valence-corrected chi connectivity index (χ1v) is 10.7. The van der Waals surface area contributed by atoms with Crippen molar-refractivity contribution >= 4 is 34.1 Å². The van der Waals surface area contributed by atoms with Crippen LogP contribution in [-0.2, 0) is 17.9 Å². The van der Waals surface area contributed by atoms with Gasteiger partial charge in [-0.1, -0.05) is 60.3 Å². The fourth-order valence-corrected chi connectivity index (χ4v) is 3.93. The lowest BCUT2D eigenvalue weighted by molar-refractivity contribution is -0.113. The van der Waals surface area contributed by atoms with Gasteiger partial charge in [-0.15, -0.1) is 10.2 Å². The van der Waals surface area contributed by atoms with Crippen LogP contribution in [0.15, 0.2) is 78.0 Å². The summed E-state index contributed by atoms with van der Waals surface area (Å²) in [6, 6.07) is 23.6. The second kappa shape index (κ2) is 9.45. The van der Waals surface area contributed by atoms with E-state index in [0.29, 0.717) is 18.3 Å². The Labute approximate surface area is 179 Å². The van der Waals surface area contributed by atoms with Crippen molar-refractivity contribution in [2.75, 3.05) is 11.1 Å². The highest BCUT2D eigenvalue weighted by molar-refractivity contribution is 7.99. The third-order valence-corrected chi connectivity index (χ3v) is 5.55. The molecule has 0 aliphatic carbocycles. The number of benzene rings is 3. The monoisotopic (exact) mass is 418 g/mol. The fourth-order valence-electron chi connectivity index (χ4n) is 3.11. The molecular weight excluding hydrogens is 396 g/mol. The van der Waals surface area contributed by atoms with Gasteiger partial charge in [0.05, 0.1) is 5.75 Å². The largest absolute Gasteiger partial charge is 0.486 e. The summed E-state index contributed by atoms with van der Waals surface area (Å²) >= 11 is 1.37. The number of carbonyl (C=O) groups excluding carboxylic acids is 1. The predicted molar refractivity (Wildman–Crippen MR) is 120 cm³/mol. The van der Waals surface area contributed by atoms with E-state index in [0.717, 1.165) is 28.0 Å². The third-order valence-electron chi connectivity index (χ3n) is 4.59. The Morgan fingerprint density at radius 2 is 1.77 bits per heavy atom. The van der Waals surface area contributed by atoms with Gasteiger partial charge in [0, 0.05) is 12.2 Å². The fraction of sp³-hybridized carbons (Fsp3) is 0.174. The number of fused-ring (bicyclic) bond motifs is 1. The first kappa shape index (κ1) is 20.0. The zero-order valence-electron chi connectivity index (χ0n) is 16.6. The van der Waals surface area contributed by atoms with Gasteiger partial charge in [-0.2, -0.15) is 0 Å². The molecule has 0 spiro atoms. The molecule has 3 aromatic carbocycles. The number of thioether (sulfide) groups is 1. The summed E-state index contributed by atoms with van der Waals surface area (Å²) in [5.74, 6) is 1.69. The quantitative estimate of drug-likeness (QED) is 0.418. The van der Waals surface area contributed by atoms with Crippen molar-refractivity contribution in [3.8, 4) is 5.75 Å². The summed E-state index contributed by atoms with van der Waals surface area (Å²) in [5, 5.41) is 14.4. The molecule has 4 aromatic rings. The molecule has 1 amide bonds. The molecule has 0 atom stereocenters. The van der Waals surface area contributed by atoms with Crippen molar-refractivity contribution in [3.63, 3.8) is 0 Å². The number of hydrogen-bond donors (Lipinski definition) is 1. The van der Waals surface area contributed by atoms with E-state index in [1.54, 1.807) is 0 Å². The van der Waals surface area contributed by atoms with E-state index in [4.69, 9.17) is 4.74 Å². The minimum Gasteiger partial charge on any atom is -0.486 e. The van der Waals surface area contributed by atoms with Crippen molar-refractivity contribution in [1.29, 1.82) is 0 Å². The first-order valence-electron chi connectivity index (χ1n) is 9.74. The normalized spacial score (nSPS) is 10.8.